The van der Waals surface area contributed by atoms with Crippen LogP contribution in [0.25, 0.3) is 0 Å². The lowest BCUT2D eigenvalue weighted by molar-refractivity contribution is -0.156. The van der Waals surface area contributed by atoms with E-state index in [4.69, 9.17) is 23.8 Å². The van der Waals surface area contributed by atoms with Crippen molar-refractivity contribution in [3.63, 3.8) is 0 Å². The highest BCUT2D eigenvalue weighted by Crippen LogP contribution is 2.21. The van der Waals surface area contributed by atoms with Crippen LogP contribution >= 0.6 is 23.8 Å². The Balaban J connectivity index is 1.60. The van der Waals surface area contributed by atoms with Crippen LogP contribution in [0.5, 0.6) is 0 Å². The quantitative estimate of drug-likeness (QED) is 0.213. The van der Waals surface area contributed by atoms with Gasteiger partial charge in [0.05, 0.1) is 11.4 Å². The number of rotatable bonds is 6. The van der Waals surface area contributed by atoms with Crippen LogP contribution in [0, 0.1) is 0 Å². The molecule has 1 atom stereocenters. The van der Waals surface area contributed by atoms with Crippen molar-refractivity contribution in [2.24, 2.45) is 10.2 Å². The summed E-state index contributed by atoms with van der Waals surface area (Å²) in [5.41, 5.74) is 1.68. The van der Waals surface area contributed by atoms with Crippen molar-refractivity contribution in [2.75, 3.05) is 5.32 Å². The molecule has 0 saturated heterocycles. The van der Waals surface area contributed by atoms with E-state index < -0.39 is 18.2 Å². The number of azo groups is 1. The molecule has 0 heterocycles. The van der Waals surface area contributed by atoms with E-state index in [1.165, 1.54) is 24.3 Å². The minimum Gasteiger partial charge on any atom is -0.335 e. The fourth-order valence-corrected chi connectivity index (χ4v) is 2.90. The Morgan fingerprint density at radius 3 is 2.00 bits per heavy atom. The van der Waals surface area contributed by atoms with Crippen molar-refractivity contribution in [2.45, 2.75) is 12.3 Å². The number of halogens is 4. The Kier molecular flexibility index (Phi) is 7.96. The average Bonchev–Trinajstić information content (AvgIpc) is 2.78. The topological polar surface area (TPSA) is 77.9 Å². The molecule has 3 N–H and O–H groups in total. The highest BCUT2D eigenvalue weighted by atomic mass is 35.5. The summed E-state index contributed by atoms with van der Waals surface area (Å²) in [6.07, 6.45) is -7.20. The van der Waals surface area contributed by atoms with E-state index in [2.05, 4.69) is 20.9 Å². The standard InChI is InChI=1S/C22H17ClF3N5OS/c23-15-8-6-14(7-9-15)19(32)28-20(22(24,25)26)29-21(33)27-16-10-12-18(13-11-16)31-30-17-4-2-1-3-5-17/h1-13,20H,(H,28,32)(H2,27,29,33). The second kappa shape index (κ2) is 10.9. The maximum absolute atomic E-state index is 13.4. The number of thiocarbonyl (C=S) groups is 1. The molecule has 0 aliphatic heterocycles. The zero-order valence-electron chi connectivity index (χ0n) is 16.8. The van der Waals surface area contributed by atoms with Gasteiger partial charge >= 0.3 is 6.18 Å². The number of carbonyl (C=O) groups is 1. The van der Waals surface area contributed by atoms with Gasteiger partial charge < -0.3 is 16.0 Å². The lowest BCUT2D eigenvalue weighted by Gasteiger charge is -2.24. The van der Waals surface area contributed by atoms with Gasteiger partial charge in [-0.1, -0.05) is 29.8 Å². The van der Waals surface area contributed by atoms with Gasteiger partial charge in [-0.2, -0.15) is 23.4 Å². The number of carbonyl (C=O) groups excluding carboxylic acids is 1. The normalized spacial score (nSPS) is 12.2. The highest BCUT2D eigenvalue weighted by Gasteiger charge is 2.41. The molecule has 33 heavy (non-hydrogen) atoms. The van der Waals surface area contributed by atoms with Gasteiger partial charge in [-0.15, -0.1) is 0 Å². The number of benzene rings is 3. The first kappa shape index (κ1) is 24.1. The summed E-state index contributed by atoms with van der Waals surface area (Å²) in [6.45, 7) is 0. The molecule has 0 bridgehead atoms. The molecule has 1 amide bonds. The minimum absolute atomic E-state index is 0.0228. The molecule has 11 heteroatoms. The number of nitrogens with zero attached hydrogens (tertiary/aromatic N) is 2. The predicted molar refractivity (Wildman–Crippen MR) is 125 cm³/mol. The zero-order valence-corrected chi connectivity index (χ0v) is 18.4. The molecule has 1 unspecified atom stereocenters. The fourth-order valence-electron chi connectivity index (χ4n) is 2.54. The van der Waals surface area contributed by atoms with Crippen LogP contribution in [-0.4, -0.2) is 23.4 Å². The summed E-state index contributed by atoms with van der Waals surface area (Å²) >= 11 is 10.7. The van der Waals surface area contributed by atoms with Crippen molar-refractivity contribution in [1.82, 2.24) is 10.6 Å². The first-order chi connectivity index (χ1) is 15.7. The van der Waals surface area contributed by atoms with E-state index in [-0.39, 0.29) is 10.7 Å². The van der Waals surface area contributed by atoms with E-state index in [0.717, 1.165) is 0 Å². The molecule has 0 aliphatic rings. The molecule has 6 nitrogen and oxygen atoms in total. The van der Waals surface area contributed by atoms with Crippen molar-refractivity contribution < 1.29 is 18.0 Å². The first-order valence-electron chi connectivity index (χ1n) is 9.48. The summed E-state index contributed by atoms with van der Waals surface area (Å²) in [4.78, 5) is 12.2. The Morgan fingerprint density at radius 1 is 0.848 bits per heavy atom. The summed E-state index contributed by atoms with van der Waals surface area (Å²) in [6, 6.07) is 21.0. The lowest BCUT2D eigenvalue weighted by Crippen LogP contribution is -2.57. The molecule has 0 spiro atoms. The molecule has 0 saturated carbocycles. The summed E-state index contributed by atoms with van der Waals surface area (Å²) in [7, 11) is 0. The molecular weight excluding hydrogens is 475 g/mol. The maximum Gasteiger partial charge on any atom is 0.427 e. The molecule has 3 rings (SSSR count). The van der Waals surface area contributed by atoms with Gasteiger partial charge in [0.1, 0.15) is 0 Å². The summed E-state index contributed by atoms with van der Waals surface area (Å²) in [5, 5.41) is 14.8. The Hall–Kier alpha value is -3.50. The minimum atomic E-state index is -4.80. The summed E-state index contributed by atoms with van der Waals surface area (Å²) in [5.74, 6) is -0.933. The predicted octanol–water partition coefficient (Wildman–Crippen LogP) is 6.36. The van der Waals surface area contributed by atoms with Gasteiger partial charge in [-0.25, -0.2) is 0 Å². The number of anilines is 1. The fraction of sp³-hybridized carbons (Fsp3) is 0.0909. The molecule has 3 aromatic rings. The van der Waals surface area contributed by atoms with E-state index in [0.29, 0.717) is 22.1 Å². The van der Waals surface area contributed by atoms with E-state index >= 15 is 0 Å². The van der Waals surface area contributed by atoms with E-state index in [1.54, 1.807) is 36.4 Å². The number of alkyl halides is 3. The van der Waals surface area contributed by atoms with E-state index in [9.17, 15) is 18.0 Å². The van der Waals surface area contributed by atoms with Gasteiger partial charge in [0, 0.05) is 16.3 Å². The van der Waals surface area contributed by atoms with Crippen LogP contribution in [0.1, 0.15) is 10.4 Å². The molecule has 0 fully saturated rings. The number of hydrogen-bond donors (Lipinski definition) is 3. The van der Waals surface area contributed by atoms with Gasteiger partial charge in [-0.05, 0) is 72.9 Å². The second-order valence-electron chi connectivity index (χ2n) is 6.64. The number of amides is 1. The van der Waals surface area contributed by atoms with Gasteiger partial charge in [0.15, 0.2) is 11.3 Å². The van der Waals surface area contributed by atoms with Crippen LogP contribution < -0.4 is 16.0 Å². The van der Waals surface area contributed by atoms with Gasteiger partial charge in [-0.3, -0.25) is 4.79 Å². The van der Waals surface area contributed by atoms with Crippen molar-refractivity contribution in [3.8, 4) is 0 Å². The summed E-state index contributed by atoms with van der Waals surface area (Å²) < 4.78 is 40.3. The van der Waals surface area contributed by atoms with Gasteiger partial charge in [0.2, 0.25) is 0 Å². The molecular formula is C22H17ClF3N5OS. The average molecular weight is 492 g/mol. The highest BCUT2D eigenvalue weighted by molar-refractivity contribution is 7.80. The number of hydrogen-bond acceptors (Lipinski definition) is 4. The maximum atomic E-state index is 13.4. The second-order valence-corrected chi connectivity index (χ2v) is 7.48. The SMILES string of the molecule is O=C(NC(NC(=S)Nc1ccc(N=Nc2ccccc2)cc1)C(F)(F)F)c1ccc(Cl)cc1. The molecule has 3 aromatic carbocycles. The van der Waals surface area contributed by atoms with Crippen LogP contribution in [0.15, 0.2) is 89.1 Å². The third-order valence-corrected chi connectivity index (χ3v) is 4.62. The Labute approximate surface area is 197 Å². The molecule has 170 valence electrons. The van der Waals surface area contributed by atoms with Crippen LogP contribution in [0.4, 0.5) is 30.2 Å². The largest absolute Gasteiger partial charge is 0.427 e. The smallest absolute Gasteiger partial charge is 0.335 e. The Bertz CT molecular complexity index is 1120. The molecule has 0 aliphatic carbocycles. The first-order valence-corrected chi connectivity index (χ1v) is 10.3. The van der Waals surface area contributed by atoms with Crippen LogP contribution in [0.3, 0.4) is 0 Å². The van der Waals surface area contributed by atoms with Crippen molar-refractivity contribution in [1.29, 1.82) is 0 Å². The zero-order chi connectivity index (χ0) is 23.8. The van der Waals surface area contributed by atoms with Crippen molar-refractivity contribution >= 4 is 51.9 Å². The van der Waals surface area contributed by atoms with Crippen molar-refractivity contribution in [3.05, 3.63) is 89.4 Å². The lowest BCUT2D eigenvalue weighted by atomic mass is 10.2. The third-order valence-electron chi connectivity index (χ3n) is 4.15. The number of nitrogens with one attached hydrogen (secondary N) is 3. The van der Waals surface area contributed by atoms with E-state index in [1.807, 2.05) is 23.5 Å². The van der Waals surface area contributed by atoms with Crippen LogP contribution in [-0.2, 0) is 0 Å². The van der Waals surface area contributed by atoms with Crippen LogP contribution in [0.2, 0.25) is 5.02 Å². The molecule has 0 aromatic heterocycles. The van der Waals surface area contributed by atoms with Gasteiger partial charge in [0.25, 0.3) is 5.91 Å². The monoisotopic (exact) mass is 491 g/mol. The third kappa shape index (κ3) is 7.55. The molecule has 0 radical (unpaired) electrons. The Morgan fingerprint density at radius 2 is 1.42 bits per heavy atom.